The Morgan fingerprint density at radius 3 is 2.59 bits per heavy atom. The second-order valence-corrected chi connectivity index (χ2v) is 4.97. The van der Waals surface area contributed by atoms with E-state index >= 15 is 0 Å². The van der Waals surface area contributed by atoms with E-state index < -0.39 is 53.0 Å². The molecular formula is C10H9F5N2O4S. The van der Waals surface area contributed by atoms with Gasteiger partial charge in [-0.3, -0.25) is 9.55 Å². The topological polar surface area (TPSA) is 87.5 Å². The molecule has 1 unspecified atom stereocenters. The number of aliphatic hydroxyl groups is 2. The highest BCUT2D eigenvalue weighted by molar-refractivity contribution is 7.71. The second kappa shape index (κ2) is 5.37. The second-order valence-electron chi connectivity index (χ2n) is 4.56. The van der Waals surface area contributed by atoms with Crippen molar-refractivity contribution in [3.8, 4) is 0 Å². The van der Waals surface area contributed by atoms with E-state index in [-0.39, 0.29) is 10.8 Å². The summed E-state index contributed by atoms with van der Waals surface area (Å²) < 4.78 is 70.7. The summed E-state index contributed by atoms with van der Waals surface area (Å²) >= 11 is 4.38. The van der Waals surface area contributed by atoms with Gasteiger partial charge in [0.05, 0.1) is 12.8 Å². The summed E-state index contributed by atoms with van der Waals surface area (Å²) in [7, 11) is 0. The number of alkyl halides is 4. The van der Waals surface area contributed by atoms with Crippen molar-refractivity contribution >= 4 is 12.2 Å². The molecule has 1 aliphatic heterocycles. The van der Waals surface area contributed by atoms with Gasteiger partial charge in [-0.1, -0.05) is 12.2 Å². The maximum Gasteiger partial charge on any atom is 0.429 e. The third-order valence-electron chi connectivity index (χ3n) is 3.24. The van der Waals surface area contributed by atoms with Crippen molar-refractivity contribution in [2.45, 2.75) is 30.3 Å². The summed E-state index contributed by atoms with van der Waals surface area (Å²) in [5.41, 5.74) is -5.79. The molecule has 2 heterocycles. The molecule has 22 heavy (non-hydrogen) atoms. The van der Waals surface area contributed by atoms with Crippen molar-refractivity contribution in [2.75, 3.05) is 6.61 Å². The first-order valence-corrected chi connectivity index (χ1v) is 6.15. The lowest BCUT2D eigenvalue weighted by atomic mass is 9.95. The van der Waals surface area contributed by atoms with Gasteiger partial charge in [0, 0.05) is 0 Å². The molecule has 2 rings (SSSR count). The Balaban J connectivity index is 2.65. The number of H-pyrrole nitrogens is 1. The molecule has 3 N–H and O–H groups in total. The highest BCUT2D eigenvalue weighted by Crippen LogP contribution is 2.50. The Morgan fingerprint density at radius 2 is 2.09 bits per heavy atom. The van der Waals surface area contributed by atoms with Crippen LogP contribution in [0.3, 0.4) is 0 Å². The van der Waals surface area contributed by atoms with Crippen LogP contribution in [0.15, 0.2) is 11.0 Å². The minimum atomic E-state index is -5.65. The third kappa shape index (κ3) is 2.35. The van der Waals surface area contributed by atoms with Crippen LogP contribution < -0.4 is 5.69 Å². The molecule has 1 saturated heterocycles. The van der Waals surface area contributed by atoms with E-state index in [0.29, 0.717) is 0 Å². The number of aliphatic hydroxyl groups excluding tert-OH is 2. The number of nitrogens with one attached hydrogen (secondary N) is 1. The Kier molecular flexibility index (Phi) is 4.14. The Hall–Kier alpha value is -1.37. The highest BCUT2D eigenvalue weighted by atomic mass is 32.1. The molecule has 1 aliphatic rings. The van der Waals surface area contributed by atoms with Crippen molar-refractivity contribution in [3.05, 3.63) is 27.1 Å². The number of aromatic amines is 1. The maximum absolute atomic E-state index is 14.5. The van der Waals surface area contributed by atoms with Crippen molar-refractivity contribution < 1.29 is 36.9 Å². The van der Waals surface area contributed by atoms with E-state index in [1.54, 1.807) is 4.98 Å². The minimum Gasteiger partial charge on any atom is -0.394 e. The monoisotopic (exact) mass is 348 g/mol. The standard InChI is InChI=1S/C10H9F5N2O4S/c11-3-1-17(8(20)16-6(3)22)7-9(12,10(13,14)15)5(19)4(2-18)21-7/h1,4-5,7,18-19H,2H2,(H,16,20,22)/t4-,5+,7-,9?/m1/s1. The van der Waals surface area contributed by atoms with Gasteiger partial charge in [-0.15, -0.1) is 0 Å². The van der Waals surface area contributed by atoms with Crippen molar-refractivity contribution in [1.29, 1.82) is 0 Å². The van der Waals surface area contributed by atoms with Crippen molar-refractivity contribution in [1.82, 2.24) is 9.55 Å². The van der Waals surface area contributed by atoms with E-state index in [1.807, 2.05) is 0 Å². The van der Waals surface area contributed by atoms with Crippen molar-refractivity contribution in [3.63, 3.8) is 0 Å². The van der Waals surface area contributed by atoms with Crippen LogP contribution in [-0.4, -0.2) is 50.4 Å². The molecule has 0 spiro atoms. The van der Waals surface area contributed by atoms with Crippen LogP contribution in [0.4, 0.5) is 22.0 Å². The Labute approximate surface area is 123 Å². The van der Waals surface area contributed by atoms with Gasteiger partial charge in [0.2, 0.25) is 0 Å². The van der Waals surface area contributed by atoms with Crippen molar-refractivity contribution in [2.24, 2.45) is 0 Å². The highest BCUT2D eigenvalue weighted by Gasteiger charge is 2.72. The quantitative estimate of drug-likeness (QED) is 0.537. The molecule has 0 aromatic carbocycles. The van der Waals surface area contributed by atoms with Gasteiger partial charge in [0.25, 0.3) is 5.67 Å². The lowest BCUT2D eigenvalue weighted by molar-refractivity contribution is -0.274. The predicted octanol–water partition coefficient (Wildman–Crippen LogP) is 0.566. The largest absolute Gasteiger partial charge is 0.429 e. The van der Waals surface area contributed by atoms with E-state index in [9.17, 15) is 31.9 Å². The van der Waals surface area contributed by atoms with E-state index in [4.69, 9.17) is 5.11 Å². The summed E-state index contributed by atoms with van der Waals surface area (Å²) in [5.74, 6) is -1.29. The fraction of sp³-hybridized carbons (Fsp3) is 0.600. The van der Waals surface area contributed by atoms with E-state index in [0.717, 1.165) is 0 Å². The zero-order valence-corrected chi connectivity index (χ0v) is 11.3. The zero-order chi connectivity index (χ0) is 16.9. The summed E-state index contributed by atoms with van der Waals surface area (Å²) in [6, 6.07) is 0. The summed E-state index contributed by atoms with van der Waals surface area (Å²) in [5, 5.41) is 18.3. The van der Waals surface area contributed by atoms with Crippen LogP contribution >= 0.6 is 12.2 Å². The van der Waals surface area contributed by atoms with Crippen LogP contribution in [0.25, 0.3) is 0 Å². The van der Waals surface area contributed by atoms with E-state index in [1.165, 1.54) is 0 Å². The molecular weight excluding hydrogens is 339 g/mol. The number of halogens is 5. The van der Waals surface area contributed by atoms with Gasteiger partial charge in [0.15, 0.2) is 12.0 Å². The molecule has 0 aliphatic carbocycles. The average Bonchev–Trinajstić information content (AvgIpc) is 2.67. The van der Waals surface area contributed by atoms with Gasteiger partial charge in [0.1, 0.15) is 16.8 Å². The molecule has 0 saturated carbocycles. The number of hydrogen-bond acceptors (Lipinski definition) is 5. The first-order chi connectivity index (χ1) is 10.0. The summed E-state index contributed by atoms with van der Waals surface area (Å²) in [4.78, 5) is 13.3. The third-order valence-corrected chi connectivity index (χ3v) is 3.53. The molecule has 0 amide bonds. The Bertz CT molecular complexity index is 689. The number of aromatic nitrogens is 2. The molecule has 1 fully saturated rings. The Morgan fingerprint density at radius 1 is 1.50 bits per heavy atom. The molecule has 0 bridgehead atoms. The van der Waals surface area contributed by atoms with Gasteiger partial charge in [-0.2, -0.15) is 13.2 Å². The van der Waals surface area contributed by atoms with Crippen LogP contribution in [0.1, 0.15) is 6.23 Å². The smallest absolute Gasteiger partial charge is 0.394 e. The lowest BCUT2D eigenvalue weighted by Crippen LogP contribution is -2.55. The molecule has 4 atom stereocenters. The van der Waals surface area contributed by atoms with Gasteiger partial charge < -0.3 is 14.9 Å². The number of rotatable bonds is 2. The normalized spacial score (nSPS) is 32.4. The molecule has 1 aromatic heterocycles. The summed E-state index contributed by atoms with van der Waals surface area (Å²) in [6.07, 6.45) is -12.9. The lowest BCUT2D eigenvalue weighted by Gasteiger charge is -2.30. The minimum absolute atomic E-state index is 0.0441. The van der Waals surface area contributed by atoms with Crippen LogP contribution in [0.2, 0.25) is 0 Å². The van der Waals surface area contributed by atoms with Gasteiger partial charge in [-0.25, -0.2) is 13.6 Å². The first kappa shape index (κ1) is 17.0. The van der Waals surface area contributed by atoms with Crippen LogP contribution in [0, 0.1) is 10.5 Å². The molecule has 124 valence electrons. The molecule has 12 heteroatoms. The fourth-order valence-corrected chi connectivity index (χ4v) is 2.25. The zero-order valence-electron chi connectivity index (χ0n) is 10.5. The number of ether oxygens (including phenoxy) is 1. The molecule has 1 aromatic rings. The van der Waals surface area contributed by atoms with Gasteiger partial charge >= 0.3 is 11.9 Å². The van der Waals surface area contributed by atoms with Crippen LogP contribution in [-0.2, 0) is 4.74 Å². The number of nitrogens with zero attached hydrogens (tertiary/aromatic N) is 1. The number of hydrogen-bond donors (Lipinski definition) is 3. The molecule has 6 nitrogen and oxygen atoms in total. The average molecular weight is 348 g/mol. The SMILES string of the molecule is O=c1[nH]c(=S)c(F)cn1[C@@H]1O[C@H](CO)[C@H](O)C1(F)C(F)(F)F. The predicted molar refractivity (Wildman–Crippen MR) is 62.7 cm³/mol. The first-order valence-electron chi connectivity index (χ1n) is 5.75. The maximum atomic E-state index is 14.5. The van der Waals surface area contributed by atoms with E-state index in [2.05, 4.69) is 17.0 Å². The van der Waals surface area contributed by atoms with Gasteiger partial charge in [-0.05, 0) is 0 Å². The fourth-order valence-electron chi connectivity index (χ4n) is 2.11. The molecule has 0 radical (unpaired) electrons. The summed E-state index contributed by atoms with van der Waals surface area (Å²) in [6.45, 7) is -1.14. The van der Waals surface area contributed by atoms with Crippen LogP contribution in [0.5, 0.6) is 0 Å².